The summed E-state index contributed by atoms with van der Waals surface area (Å²) in [6.45, 7) is 2.51. The highest BCUT2D eigenvalue weighted by Crippen LogP contribution is 2.56. The molecule has 0 spiro atoms. The number of hydrogen-bond acceptors (Lipinski definition) is 2. The smallest absolute Gasteiger partial charge is 0.255 e. The largest absolute Gasteiger partial charge is 0.370 e. The molecule has 2 aliphatic carbocycles. The van der Waals surface area contributed by atoms with Crippen LogP contribution >= 0.6 is 0 Å². The van der Waals surface area contributed by atoms with Gasteiger partial charge in [-0.3, -0.25) is 4.79 Å². The summed E-state index contributed by atoms with van der Waals surface area (Å²) in [5.74, 6) is 2.99. The molecule has 0 unspecified atom stereocenters. The van der Waals surface area contributed by atoms with Crippen LogP contribution in [0.3, 0.4) is 0 Å². The van der Waals surface area contributed by atoms with Crippen LogP contribution in [0.2, 0.25) is 0 Å². The van der Waals surface area contributed by atoms with E-state index in [1.54, 1.807) is 5.69 Å². The molecule has 2 heterocycles. The Bertz CT molecular complexity index is 876. The Balaban J connectivity index is 1.43. The van der Waals surface area contributed by atoms with Gasteiger partial charge in [-0.15, -0.1) is 0 Å². The van der Waals surface area contributed by atoms with Crippen LogP contribution in [-0.2, 0) is 0 Å². The summed E-state index contributed by atoms with van der Waals surface area (Å²) in [6, 6.07) is 14.2. The van der Waals surface area contributed by atoms with Crippen LogP contribution in [0.1, 0.15) is 71.8 Å². The molecule has 1 N–H and O–H groups in total. The first-order valence-corrected chi connectivity index (χ1v) is 11.1. The Morgan fingerprint density at radius 3 is 2.07 bits per heavy atom. The van der Waals surface area contributed by atoms with Gasteiger partial charge >= 0.3 is 0 Å². The number of amides is 1. The second kappa shape index (κ2) is 6.37. The highest BCUT2D eigenvalue weighted by molar-refractivity contribution is 6.04. The van der Waals surface area contributed by atoms with E-state index in [0.29, 0.717) is 11.8 Å². The fourth-order valence-corrected chi connectivity index (χ4v) is 6.63. The normalized spacial score (nSPS) is 29.8. The van der Waals surface area contributed by atoms with Crippen molar-refractivity contribution in [3.05, 3.63) is 59.2 Å². The molecule has 3 nitrogen and oxygen atoms in total. The van der Waals surface area contributed by atoms with Crippen molar-refractivity contribution in [2.24, 2.45) is 11.8 Å². The van der Waals surface area contributed by atoms with Gasteiger partial charge in [-0.1, -0.05) is 31.0 Å². The van der Waals surface area contributed by atoms with E-state index in [4.69, 9.17) is 0 Å². The minimum atomic E-state index is 0.00201. The maximum atomic E-state index is 12.8. The van der Waals surface area contributed by atoms with Gasteiger partial charge in [-0.25, -0.2) is 0 Å². The zero-order valence-electron chi connectivity index (χ0n) is 16.4. The van der Waals surface area contributed by atoms with Crippen molar-refractivity contribution in [2.75, 3.05) is 23.3 Å². The molecule has 1 amide bonds. The molecule has 0 radical (unpaired) electrons. The van der Waals surface area contributed by atoms with Gasteiger partial charge in [-0.05, 0) is 84.7 Å². The SMILES string of the molecule is O=C(Nc1cc2c3c(c1)[C@H]1CCC[C@@H]1CN3C[C@H]1CCC[C@H]21)c1ccccc1. The molecular weight excluding hydrogens is 344 g/mol. The molecule has 6 rings (SSSR count). The summed E-state index contributed by atoms with van der Waals surface area (Å²) in [5.41, 5.74) is 6.33. The lowest BCUT2D eigenvalue weighted by atomic mass is 9.75. The van der Waals surface area contributed by atoms with E-state index < -0.39 is 0 Å². The van der Waals surface area contributed by atoms with Crippen LogP contribution in [0.25, 0.3) is 0 Å². The van der Waals surface area contributed by atoms with Crippen molar-refractivity contribution in [1.82, 2.24) is 0 Å². The molecule has 2 aliphatic heterocycles. The number of carbonyl (C=O) groups is 1. The molecule has 4 atom stereocenters. The Hall–Kier alpha value is -2.29. The highest BCUT2D eigenvalue weighted by Gasteiger charge is 2.44. The number of nitrogens with one attached hydrogen (secondary N) is 1. The number of anilines is 2. The van der Waals surface area contributed by atoms with Crippen molar-refractivity contribution in [3.8, 4) is 0 Å². The van der Waals surface area contributed by atoms with E-state index in [-0.39, 0.29) is 5.91 Å². The zero-order valence-corrected chi connectivity index (χ0v) is 16.4. The third-order valence-corrected chi connectivity index (χ3v) is 7.81. The van der Waals surface area contributed by atoms with E-state index >= 15 is 0 Å². The number of fused-ring (bicyclic) bond motifs is 4. The average Bonchev–Trinajstić information content (AvgIpc) is 3.38. The van der Waals surface area contributed by atoms with Crippen LogP contribution in [0.15, 0.2) is 42.5 Å². The first kappa shape index (κ1) is 16.6. The number of benzene rings is 2. The lowest BCUT2D eigenvalue weighted by molar-refractivity contribution is 0.102. The van der Waals surface area contributed by atoms with Crippen molar-refractivity contribution in [3.63, 3.8) is 0 Å². The van der Waals surface area contributed by atoms with Gasteiger partial charge in [0.1, 0.15) is 0 Å². The molecule has 0 bridgehead atoms. The van der Waals surface area contributed by atoms with E-state index in [0.717, 1.165) is 23.1 Å². The molecule has 144 valence electrons. The van der Waals surface area contributed by atoms with Gasteiger partial charge in [0, 0.05) is 30.0 Å². The molecular formula is C25H28N2O. The van der Waals surface area contributed by atoms with Crippen LogP contribution < -0.4 is 10.2 Å². The molecule has 3 heteroatoms. The lowest BCUT2D eigenvalue weighted by Crippen LogP contribution is -2.43. The first-order valence-electron chi connectivity index (χ1n) is 11.1. The van der Waals surface area contributed by atoms with Crippen molar-refractivity contribution in [1.29, 1.82) is 0 Å². The third-order valence-electron chi connectivity index (χ3n) is 7.81. The minimum absolute atomic E-state index is 0.00201. The Morgan fingerprint density at radius 1 is 0.857 bits per heavy atom. The van der Waals surface area contributed by atoms with Gasteiger partial charge in [0.05, 0.1) is 0 Å². The molecule has 28 heavy (non-hydrogen) atoms. The summed E-state index contributed by atoms with van der Waals surface area (Å²) < 4.78 is 0. The zero-order chi connectivity index (χ0) is 18.7. The Labute approximate surface area is 167 Å². The van der Waals surface area contributed by atoms with E-state index in [2.05, 4.69) is 22.3 Å². The highest BCUT2D eigenvalue weighted by atomic mass is 16.1. The Kier molecular flexibility index (Phi) is 3.78. The van der Waals surface area contributed by atoms with Crippen LogP contribution in [0.4, 0.5) is 11.4 Å². The number of hydrogen-bond donors (Lipinski definition) is 1. The summed E-state index contributed by atoms with van der Waals surface area (Å²) in [7, 11) is 0. The van der Waals surface area contributed by atoms with Gasteiger partial charge < -0.3 is 10.2 Å². The van der Waals surface area contributed by atoms with E-state index in [1.165, 1.54) is 62.7 Å². The lowest BCUT2D eigenvalue weighted by Gasteiger charge is -2.46. The number of carbonyl (C=O) groups excluding carboxylic acids is 1. The van der Waals surface area contributed by atoms with Crippen molar-refractivity contribution in [2.45, 2.75) is 50.4 Å². The summed E-state index contributed by atoms with van der Waals surface area (Å²) in [6.07, 6.45) is 8.07. The summed E-state index contributed by atoms with van der Waals surface area (Å²) in [5, 5.41) is 3.22. The van der Waals surface area contributed by atoms with Gasteiger partial charge in [0.15, 0.2) is 0 Å². The predicted molar refractivity (Wildman–Crippen MR) is 113 cm³/mol. The van der Waals surface area contributed by atoms with Crippen LogP contribution in [-0.4, -0.2) is 19.0 Å². The molecule has 0 saturated heterocycles. The fraction of sp³-hybridized carbons (Fsp3) is 0.480. The van der Waals surface area contributed by atoms with Crippen molar-refractivity contribution >= 4 is 17.3 Å². The fourth-order valence-electron chi connectivity index (χ4n) is 6.63. The monoisotopic (exact) mass is 372 g/mol. The Morgan fingerprint density at radius 2 is 1.46 bits per heavy atom. The minimum Gasteiger partial charge on any atom is -0.370 e. The molecule has 2 aromatic rings. The molecule has 2 aromatic carbocycles. The third kappa shape index (κ3) is 2.52. The van der Waals surface area contributed by atoms with Gasteiger partial charge in [0.25, 0.3) is 5.91 Å². The molecule has 0 aromatic heterocycles. The maximum Gasteiger partial charge on any atom is 0.255 e. The second-order valence-electron chi connectivity index (χ2n) is 9.32. The average molecular weight is 373 g/mol. The first-order chi connectivity index (χ1) is 13.8. The molecule has 4 aliphatic rings. The van der Waals surface area contributed by atoms with Crippen LogP contribution in [0.5, 0.6) is 0 Å². The standard InChI is InChI=1S/C25H28N2O/c28-25(16-6-2-1-3-7-16)26-19-12-22-20-10-4-8-17(20)14-27-15-18-9-5-11-21(18)23(13-19)24(22)27/h1-3,6-7,12-13,17-18,20-21H,4-5,8-11,14-15H2,(H,26,28)/t17-,18-,20+,21+/m1/s1. The number of nitrogens with zero attached hydrogens (tertiary/aromatic N) is 1. The van der Waals surface area contributed by atoms with E-state index in [9.17, 15) is 4.79 Å². The topological polar surface area (TPSA) is 32.3 Å². The van der Waals surface area contributed by atoms with Crippen molar-refractivity contribution < 1.29 is 4.79 Å². The maximum absolute atomic E-state index is 12.8. The summed E-state index contributed by atoms with van der Waals surface area (Å²) in [4.78, 5) is 15.5. The van der Waals surface area contributed by atoms with Gasteiger partial charge in [-0.2, -0.15) is 0 Å². The number of rotatable bonds is 2. The molecule has 2 saturated carbocycles. The predicted octanol–water partition coefficient (Wildman–Crippen LogP) is 5.54. The van der Waals surface area contributed by atoms with E-state index in [1.807, 2.05) is 30.3 Å². The summed E-state index contributed by atoms with van der Waals surface area (Å²) >= 11 is 0. The quantitative estimate of drug-likeness (QED) is 0.751. The molecule has 2 fully saturated rings. The van der Waals surface area contributed by atoms with Gasteiger partial charge in [0.2, 0.25) is 0 Å². The van der Waals surface area contributed by atoms with Crippen LogP contribution in [0, 0.1) is 11.8 Å². The second-order valence-corrected chi connectivity index (χ2v) is 9.32.